The molecule has 3 nitrogen and oxygen atoms in total. The molecule has 0 bridgehead atoms. The summed E-state index contributed by atoms with van der Waals surface area (Å²) >= 11 is 6.07. The number of hydrogen-bond acceptors (Lipinski definition) is 2. The molecule has 0 N–H and O–H groups in total. The third kappa shape index (κ3) is 3.26. The normalized spacial score (nSPS) is 22.5. The van der Waals surface area contributed by atoms with Crippen molar-refractivity contribution in [1.29, 1.82) is 0 Å². The predicted molar refractivity (Wildman–Crippen MR) is 103 cm³/mol. The Balaban J connectivity index is 0.00000196. The molecule has 138 valence electrons. The molecule has 0 spiro atoms. The number of halogens is 2. The van der Waals surface area contributed by atoms with Crippen LogP contribution in [0.4, 0.5) is 0 Å². The zero-order valence-electron chi connectivity index (χ0n) is 14.9. The van der Waals surface area contributed by atoms with E-state index in [-0.39, 0.29) is 23.2 Å². The molecule has 1 aliphatic rings. The molecule has 0 radical (unpaired) electrons. The first-order chi connectivity index (χ1) is 12.1. The average molecular weight is 437 g/mol. The maximum Gasteiger partial charge on any atom is 0.234 e. The SMILES string of the molecule is C=CC[N+]1(CC)CCCC1Oc1ccc2c(c1)oc1cc(Cl)ccc12.[Br-]. The van der Waals surface area contributed by atoms with Gasteiger partial charge in [0.1, 0.15) is 16.9 Å². The Bertz CT molecular complexity index is 938. The van der Waals surface area contributed by atoms with Gasteiger partial charge in [0.15, 0.2) is 0 Å². The Morgan fingerprint density at radius 1 is 1.23 bits per heavy atom. The monoisotopic (exact) mass is 435 g/mol. The highest BCUT2D eigenvalue weighted by molar-refractivity contribution is 6.31. The fourth-order valence-corrected chi connectivity index (χ4v) is 4.25. The van der Waals surface area contributed by atoms with Gasteiger partial charge in [-0.25, -0.2) is 0 Å². The van der Waals surface area contributed by atoms with Crippen molar-refractivity contribution >= 4 is 33.5 Å². The van der Waals surface area contributed by atoms with E-state index in [9.17, 15) is 0 Å². The number of rotatable bonds is 5. The topological polar surface area (TPSA) is 22.4 Å². The summed E-state index contributed by atoms with van der Waals surface area (Å²) in [4.78, 5) is 0. The number of furan rings is 1. The summed E-state index contributed by atoms with van der Waals surface area (Å²) in [6.07, 6.45) is 4.46. The number of hydrogen-bond donors (Lipinski definition) is 0. The molecule has 1 saturated heterocycles. The average Bonchev–Trinajstić information content (AvgIpc) is 3.16. The molecule has 0 saturated carbocycles. The Morgan fingerprint density at radius 2 is 1.96 bits per heavy atom. The lowest BCUT2D eigenvalue weighted by Crippen LogP contribution is -3.00. The molecule has 0 aliphatic carbocycles. The van der Waals surface area contributed by atoms with Crippen molar-refractivity contribution in [2.24, 2.45) is 0 Å². The van der Waals surface area contributed by atoms with Gasteiger partial charge in [0.05, 0.1) is 19.6 Å². The number of nitrogens with zero attached hydrogens (tertiary/aromatic N) is 1. The fraction of sp³-hybridized carbons (Fsp3) is 0.333. The fourth-order valence-electron chi connectivity index (χ4n) is 4.09. The molecule has 3 aromatic rings. The van der Waals surface area contributed by atoms with Gasteiger partial charge in [0.25, 0.3) is 0 Å². The van der Waals surface area contributed by atoms with Crippen LogP contribution in [0.3, 0.4) is 0 Å². The first kappa shape index (κ1) is 19.3. The lowest BCUT2D eigenvalue weighted by molar-refractivity contribution is -0.949. The molecule has 0 amide bonds. The number of ether oxygens (including phenoxy) is 1. The van der Waals surface area contributed by atoms with Crippen LogP contribution in [0.5, 0.6) is 5.75 Å². The van der Waals surface area contributed by atoms with Gasteiger partial charge in [-0.15, -0.1) is 0 Å². The van der Waals surface area contributed by atoms with Crippen LogP contribution in [0.2, 0.25) is 5.02 Å². The van der Waals surface area contributed by atoms with E-state index in [1.54, 1.807) is 0 Å². The molecule has 2 aromatic carbocycles. The maximum absolute atomic E-state index is 6.40. The van der Waals surface area contributed by atoms with Crippen LogP contribution in [0, 0.1) is 0 Å². The van der Waals surface area contributed by atoms with E-state index in [2.05, 4.69) is 19.6 Å². The summed E-state index contributed by atoms with van der Waals surface area (Å²) in [6, 6.07) is 11.9. The van der Waals surface area contributed by atoms with Gasteiger partial charge in [0, 0.05) is 40.8 Å². The Kier molecular flexibility index (Phi) is 5.66. The molecule has 2 heterocycles. The lowest BCUT2D eigenvalue weighted by Gasteiger charge is -2.37. The van der Waals surface area contributed by atoms with Crippen LogP contribution < -0.4 is 21.7 Å². The molecular formula is C21H23BrClNO2. The minimum absolute atomic E-state index is 0. The van der Waals surface area contributed by atoms with Crippen LogP contribution in [-0.4, -0.2) is 30.3 Å². The summed E-state index contributed by atoms with van der Waals surface area (Å²) in [7, 11) is 0. The van der Waals surface area contributed by atoms with Crippen molar-refractivity contribution in [2.45, 2.75) is 26.0 Å². The second-order valence-corrected chi connectivity index (χ2v) is 7.28. The van der Waals surface area contributed by atoms with E-state index in [1.807, 2.05) is 36.4 Å². The smallest absolute Gasteiger partial charge is 0.234 e. The standard InChI is InChI=1S/C21H23ClNO2.BrH/c1-3-11-23(4-2)12-5-6-21(23)24-16-8-10-18-17-9-7-15(22)13-19(17)25-20(18)14-16;/h3,7-10,13-14,21H,1,4-6,11-12H2,2H3;1H/q+1;/p-1. The Hall–Kier alpha value is -1.49. The third-order valence-corrected chi connectivity index (χ3v) is 5.70. The highest BCUT2D eigenvalue weighted by Crippen LogP contribution is 2.35. The minimum atomic E-state index is 0. The summed E-state index contributed by atoms with van der Waals surface area (Å²) < 4.78 is 13.3. The number of likely N-dealkylation sites (N-methyl/N-ethyl adjacent to an activating group) is 1. The van der Waals surface area contributed by atoms with E-state index < -0.39 is 0 Å². The highest BCUT2D eigenvalue weighted by atomic mass is 79.9. The van der Waals surface area contributed by atoms with Crippen LogP contribution in [0.25, 0.3) is 21.9 Å². The number of fused-ring (bicyclic) bond motifs is 3. The van der Waals surface area contributed by atoms with E-state index >= 15 is 0 Å². The predicted octanol–water partition coefficient (Wildman–Crippen LogP) is 2.76. The molecule has 5 heteroatoms. The molecule has 2 unspecified atom stereocenters. The summed E-state index contributed by atoms with van der Waals surface area (Å²) in [6.45, 7) is 9.33. The molecule has 1 aliphatic heterocycles. The van der Waals surface area contributed by atoms with Crippen molar-refractivity contribution in [3.63, 3.8) is 0 Å². The molecule has 1 fully saturated rings. The molecule has 1 aromatic heterocycles. The van der Waals surface area contributed by atoms with Crippen molar-refractivity contribution in [1.82, 2.24) is 0 Å². The van der Waals surface area contributed by atoms with Gasteiger partial charge in [-0.05, 0) is 37.3 Å². The third-order valence-electron chi connectivity index (χ3n) is 5.47. The van der Waals surface area contributed by atoms with Crippen molar-refractivity contribution in [3.8, 4) is 5.75 Å². The van der Waals surface area contributed by atoms with Gasteiger partial charge in [-0.3, -0.25) is 4.48 Å². The van der Waals surface area contributed by atoms with E-state index in [4.69, 9.17) is 20.8 Å². The zero-order valence-corrected chi connectivity index (χ0v) is 17.2. The van der Waals surface area contributed by atoms with Gasteiger partial charge in [-0.2, -0.15) is 0 Å². The van der Waals surface area contributed by atoms with Crippen LogP contribution in [-0.2, 0) is 0 Å². The van der Waals surface area contributed by atoms with Crippen molar-refractivity contribution in [2.75, 3.05) is 19.6 Å². The molecule has 2 atom stereocenters. The summed E-state index contributed by atoms with van der Waals surface area (Å²) in [5, 5.41) is 2.85. The Morgan fingerprint density at radius 3 is 2.69 bits per heavy atom. The second-order valence-electron chi connectivity index (χ2n) is 6.84. The second kappa shape index (κ2) is 7.63. The summed E-state index contributed by atoms with van der Waals surface area (Å²) in [5.41, 5.74) is 1.65. The quantitative estimate of drug-likeness (QED) is 0.453. The van der Waals surface area contributed by atoms with Gasteiger partial charge in [0.2, 0.25) is 6.23 Å². The molecule has 4 rings (SSSR count). The van der Waals surface area contributed by atoms with Crippen LogP contribution in [0.1, 0.15) is 19.8 Å². The number of quaternary nitrogens is 1. The summed E-state index contributed by atoms with van der Waals surface area (Å²) in [5.74, 6) is 0.865. The Labute approximate surface area is 169 Å². The minimum Gasteiger partial charge on any atom is -1.00 e. The molecule has 26 heavy (non-hydrogen) atoms. The largest absolute Gasteiger partial charge is 1.00 e. The van der Waals surface area contributed by atoms with Gasteiger partial charge < -0.3 is 26.1 Å². The number of benzene rings is 2. The van der Waals surface area contributed by atoms with Crippen molar-refractivity contribution < 1.29 is 30.6 Å². The van der Waals surface area contributed by atoms with Gasteiger partial charge >= 0.3 is 0 Å². The van der Waals surface area contributed by atoms with E-state index in [0.717, 1.165) is 58.2 Å². The van der Waals surface area contributed by atoms with E-state index in [1.165, 1.54) is 6.42 Å². The van der Waals surface area contributed by atoms with E-state index in [0.29, 0.717) is 5.02 Å². The lowest BCUT2D eigenvalue weighted by atomic mass is 10.1. The first-order valence-electron chi connectivity index (χ1n) is 8.90. The first-order valence-corrected chi connectivity index (χ1v) is 9.28. The number of likely N-dealkylation sites (tertiary alicyclic amines) is 1. The van der Waals surface area contributed by atoms with Gasteiger partial charge in [-0.1, -0.05) is 18.2 Å². The zero-order chi connectivity index (χ0) is 17.4. The van der Waals surface area contributed by atoms with Crippen molar-refractivity contribution in [3.05, 3.63) is 54.1 Å². The van der Waals surface area contributed by atoms with Crippen LogP contribution >= 0.6 is 11.6 Å². The maximum atomic E-state index is 6.40. The van der Waals surface area contributed by atoms with Crippen LogP contribution in [0.15, 0.2) is 53.5 Å². The highest BCUT2D eigenvalue weighted by Gasteiger charge is 2.41. The molecular weight excluding hydrogens is 414 g/mol.